The molecule has 0 saturated carbocycles. The van der Waals surface area contributed by atoms with Crippen molar-refractivity contribution in [1.82, 2.24) is 14.7 Å². The van der Waals surface area contributed by atoms with Crippen LogP contribution in [-0.2, 0) is 16.6 Å². The second-order valence-corrected chi connectivity index (χ2v) is 7.71. The van der Waals surface area contributed by atoms with Crippen LogP contribution in [-0.4, -0.2) is 47.7 Å². The van der Waals surface area contributed by atoms with Crippen molar-refractivity contribution in [2.45, 2.75) is 11.4 Å². The van der Waals surface area contributed by atoms with Crippen LogP contribution in [0, 0.1) is 0 Å². The third-order valence-electron chi connectivity index (χ3n) is 3.78. The van der Waals surface area contributed by atoms with E-state index in [0.29, 0.717) is 12.4 Å². The number of carbonyl (C=O) groups is 1. The lowest BCUT2D eigenvalue weighted by molar-refractivity contribution is 0.0696. The molecule has 1 aromatic heterocycles. The normalized spacial score (nSPS) is 10.7. The Balaban J connectivity index is 0.000000214. The van der Waals surface area contributed by atoms with E-state index >= 15 is 0 Å². The molecule has 0 spiro atoms. The first-order valence-corrected chi connectivity index (χ1v) is 10.4. The molecule has 3 rings (SSSR count). The average molecular weight is 430 g/mol. The van der Waals surface area contributed by atoms with Gasteiger partial charge in [-0.1, -0.05) is 42.5 Å². The first-order valence-electron chi connectivity index (χ1n) is 8.87. The van der Waals surface area contributed by atoms with Crippen molar-refractivity contribution in [1.29, 1.82) is 0 Å². The number of aromatic nitrogens is 2. The zero-order valence-corrected chi connectivity index (χ0v) is 16.8. The van der Waals surface area contributed by atoms with Crippen molar-refractivity contribution in [3.8, 4) is 11.4 Å². The highest BCUT2D eigenvalue weighted by molar-refractivity contribution is 7.89. The lowest BCUT2D eigenvalue weighted by Gasteiger charge is -2.06. The summed E-state index contributed by atoms with van der Waals surface area (Å²) < 4.78 is 25.5. The fourth-order valence-electron chi connectivity index (χ4n) is 2.28. The van der Waals surface area contributed by atoms with Crippen LogP contribution in [0.5, 0.6) is 0 Å². The molecule has 0 radical (unpaired) electrons. The highest BCUT2D eigenvalue weighted by Gasteiger charge is 2.12. The van der Waals surface area contributed by atoms with Gasteiger partial charge >= 0.3 is 5.97 Å². The summed E-state index contributed by atoms with van der Waals surface area (Å²) in [6.45, 7) is 0.0777. The Morgan fingerprint density at radius 1 is 1.03 bits per heavy atom. The van der Waals surface area contributed by atoms with Gasteiger partial charge in [0, 0.05) is 31.0 Å². The van der Waals surface area contributed by atoms with E-state index in [1.165, 1.54) is 24.5 Å². The van der Waals surface area contributed by atoms with Gasteiger partial charge in [0.2, 0.25) is 10.0 Å². The maximum atomic E-state index is 11.6. The quantitative estimate of drug-likeness (QED) is 0.436. The second kappa shape index (κ2) is 11.1. The first kappa shape index (κ1) is 23.1. The van der Waals surface area contributed by atoms with Crippen LogP contribution in [0.4, 0.5) is 0 Å². The Morgan fingerprint density at radius 2 is 1.70 bits per heavy atom. The molecule has 0 bridgehead atoms. The van der Waals surface area contributed by atoms with E-state index in [-0.39, 0.29) is 23.6 Å². The van der Waals surface area contributed by atoms with E-state index in [0.717, 1.165) is 11.1 Å². The number of sulfonamides is 1. The Morgan fingerprint density at radius 3 is 2.27 bits per heavy atom. The summed E-state index contributed by atoms with van der Waals surface area (Å²) in [5.41, 5.74) is 7.12. The molecule has 0 aliphatic carbocycles. The van der Waals surface area contributed by atoms with Crippen LogP contribution in [0.2, 0.25) is 0 Å². The van der Waals surface area contributed by atoms with Crippen molar-refractivity contribution >= 4 is 16.0 Å². The largest absolute Gasteiger partial charge is 0.478 e. The summed E-state index contributed by atoms with van der Waals surface area (Å²) in [4.78, 5) is 18.7. The molecule has 0 unspecified atom stereocenters. The van der Waals surface area contributed by atoms with Crippen LogP contribution in [0.1, 0.15) is 15.9 Å². The Hall–Kier alpha value is -3.18. The van der Waals surface area contributed by atoms with Crippen LogP contribution in [0.3, 0.4) is 0 Å². The Kier molecular flexibility index (Phi) is 8.56. The number of aromatic carboxylic acids is 1. The van der Waals surface area contributed by atoms with Gasteiger partial charge in [-0.15, -0.1) is 0 Å². The van der Waals surface area contributed by atoms with Gasteiger partial charge in [0.1, 0.15) is 0 Å². The predicted octanol–water partition coefficient (Wildman–Crippen LogP) is 1.26. The molecular formula is C20H22N4O5S. The summed E-state index contributed by atoms with van der Waals surface area (Å²) >= 11 is 0. The predicted molar refractivity (Wildman–Crippen MR) is 111 cm³/mol. The van der Waals surface area contributed by atoms with Gasteiger partial charge in [-0.25, -0.2) is 27.9 Å². The molecule has 0 aliphatic rings. The molecule has 0 fully saturated rings. The third-order valence-corrected chi connectivity index (χ3v) is 5.24. The zero-order valence-electron chi connectivity index (χ0n) is 16.0. The molecule has 9 nitrogen and oxygen atoms in total. The van der Waals surface area contributed by atoms with E-state index in [9.17, 15) is 13.2 Å². The van der Waals surface area contributed by atoms with Gasteiger partial charge in [0.15, 0.2) is 5.82 Å². The van der Waals surface area contributed by atoms with Gasteiger partial charge in [-0.05, 0) is 17.7 Å². The molecule has 5 N–H and O–H groups in total. The maximum absolute atomic E-state index is 11.6. The summed E-state index contributed by atoms with van der Waals surface area (Å²) in [6.07, 6.45) is 2.61. The van der Waals surface area contributed by atoms with Crippen molar-refractivity contribution in [2.24, 2.45) is 5.73 Å². The SMILES string of the molecule is NCc1cccc(S(=O)(=O)NCCO)c1.O=C(O)c1cnc(-c2ccccc2)nc1. The number of nitrogens with two attached hydrogens (primary N) is 1. The molecule has 10 heteroatoms. The number of hydrogen-bond donors (Lipinski definition) is 4. The van der Waals surface area contributed by atoms with Crippen molar-refractivity contribution < 1.29 is 23.4 Å². The van der Waals surface area contributed by atoms with Gasteiger partial charge in [0.05, 0.1) is 17.1 Å². The van der Waals surface area contributed by atoms with Gasteiger partial charge in [-0.3, -0.25) is 0 Å². The van der Waals surface area contributed by atoms with E-state index in [2.05, 4.69) is 14.7 Å². The van der Waals surface area contributed by atoms with E-state index < -0.39 is 16.0 Å². The molecule has 30 heavy (non-hydrogen) atoms. The van der Waals surface area contributed by atoms with Gasteiger partial charge < -0.3 is 15.9 Å². The molecule has 0 atom stereocenters. The van der Waals surface area contributed by atoms with E-state index in [1.54, 1.807) is 12.1 Å². The number of aliphatic hydroxyl groups excluding tert-OH is 1. The van der Waals surface area contributed by atoms with Crippen molar-refractivity contribution in [3.05, 3.63) is 78.1 Å². The van der Waals surface area contributed by atoms with Crippen molar-refractivity contribution in [3.63, 3.8) is 0 Å². The standard InChI is InChI=1S/C11H8N2O2.C9H14N2O3S/c14-11(15)9-6-12-10(13-7-9)8-4-2-1-3-5-8;10-7-8-2-1-3-9(6-8)15(13,14)11-4-5-12/h1-7H,(H,14,15);1-3,6,11-12H,4-5,7,10H2. The number of carboxylic acids is 1. The number of aliphatic hydroxyl groups is 1. The second-order valence-electron chi connectivity index (χ2n) is 5.94. The lowest BCUT2D eigenvalue weighted by Crippen LogP contribution is -2.26. The number of hydrogen-bond acceptors (Lipinski definition) is 7. The molecule has 0 saturated heterocycles. The zero-order chi connectivity index (χ0) is 22.0. The van der Waals surface area contributed by atoms with Crippen molar-refractivity contribution in [2.75, 3.05) is 13.2 Å². The molecule has 2 aromatic carbocycles. The fraction of sp³-hybridized carbons (Fsp3) is 0.150. The minimum atomic E-state index is -3.52. The fourth-order valence-corrected chi connectivity index (χ4v) is 3.37. The molecule has 0 amide bonds. The number of carboxylic acid groups (broad SMARTS) is 1. The summed E-state index contributed by atoms with van der Waals surface area (Å²) in [6, 6.07) is 15.8. The van der Waals surface area contributed by atoms with Crippen LogP contribution < -0.4 is 10.5 Å². The number of benzene rings is 2. The highest BCUT2D eigenvalue weighted by Crippen LogP contribution is 2.13. The minimum absolute atomic E-state index is 0.00911. The Labute approximate surface area is 174 Å². The smallest absolute Gasteiger partial charge is 0.338 e. The van der Waals surface area contributed by atoms with E-state index in [4.69, 9.17) is 15.9 Å². The molecule has 3 aromatic rings. The first-order chi connectivity index (χ1) is 14.4. The highest BCUT2D eigenvalue weighted by atomic mass is 32.2. The Bertz CT molecular complexity index is 1060. The maximum Gasteiger partial charge on any atom is 0.338 e. The molecule has 0 aliphatic heterocycles. The van der Waals surface area contributed by atoms with Gasteiger partial charge in [0.25, 0.3) is 0 Å². The third kappa shape index (κ3) is 6.71. The minimum Gasteiger partial charge on any atom is -0.478 e. The molecule has 1 heterocycles. The van der Waals surface area contributed by atoms with Crippen LogP contribution >= 0.6 is 0 Å². The average Bonchev–Trinajstić information content (AvgIpc) is 2.79. The number of nitrogens with one attached hydrogen (secondary N) is 1. The van der Waals surface area contributed by atoms with Gasteiger partial charge in [-0.2, -0.15) is 0 Å². The number of nitrogens with zero attached hydrogens (tertiary/aromatic N) is 2. The monoisotopic (exact) mass is 430 g/mol. The topological polar surface area (TPSA) is 156 Å². The summed E-state index contributed by atoms with van der Waals surface area (Å²) in [5.74, 6) is -0.491. The molecule has 158 valence electrons. The lowest BCUT2D eigenvalue weighted by atomic mass is 10.2. The number of rotatable bonds is 7. The van der Waals surface area contributed by atoms with E-state index in [1.807, 2.05) is 30.3 Å². The van der Waals surface area contributed by atoms with Crippen LogP contribution in [0.15, 0.2) is 71.9 Å². The summed E-state index contributed by atoms with van der Waals surface area (Å²) in [7, 11) is -3.52. The van der Waals surface area contributed by atoms with Crippen LogP contribution in [0.25, 0.3) is 11.4 Å². The summed E-state index contributed by atoms with van der Waals surface area (Å²) in [5, 5.41) is 17.2. The molecular weight excluding hydrogens is 408 g/mol.